The summed E-state index contributed by atoms with van der Waals surface area (Å²) in [6, 6.07) is 13.4. The van der Waals surface area contributed by atoms with Crippen LogP contribution in [0, 0.1) is 0 Å². The zero-order chi connectivity index (χ0) is 17.5. The van der Waals surface area contributed by atoms with Crippen molar-refractivity contribution in [3.05, 3.63) is 48.7 Å². The van der Waals surface area contributed by atoms with Gasteiger partial charge < -0.3 is 15.5 Å². The number of aliphatic hydroxyl groups excluding tert-OH is 2. The van der Waals surface area contributed by atoms with Crippen LogP contribution in [0.5, 0.6) is 0 Å². The van der Waals surface area contributed by atoms with Crippen LogP contribution in [0.1, 0.15) is 12.8 Å². The summed E-state index contributed by atoms with van der Waals surface area (Å²) in [5.41, 5.74) is 2.93. The number of nitrogens with one attached hydrogen (secondary N) is 2. The standard InChI is InChI=1S/C18H21N5O2/c24-11-5-4-10-19-18(25)23-16-9-8-14-17(22-16)21-15(12-20-14)13-6-2-1-3-7-13/h1-3,6-9,12,18-19,24-25H,4-5,10-11H2,(H,21,22,23). The van der Waals surface area contributed by atoms with E-state index in [1.165, 1.54) is 0 Å². The lowest BCUT2D eigenvalue weighted by atomic mass is 10.2. The molecule has 25 heavy (non-hydrogen) atoms. The maximum Gasteiger partial charge on any atom is 0.182 e. The van der Waals surface area contributed by atoms with E-state index in [2.05, 4.69) is 25.6 Å². The molecule has 0 aliphatic heterocycles. The molecule has 0 radical (unpaired) electrons. The highest BCUT2D eigenvalue weighted by molar-refractivity contribution is 5.75. The first-order valence-electron chi connectivity index (χ1n) is 8.24. The molecule has 0 saturated carbocycles. The van der Waals surface area contributed by atoms with Crippen molar-refractivity contribution >= 4 is 17.0 Å². The van der Waals surface area contributed by atoms with Crippen molar-refractivity contribution in [3.63, 3.8) is 0 Å². The largest absolute Gasteiger partial charge is 0.396 e. The molecular weight excluding hydrogens is 318 g/mol. The Hall–Kier alpha value is -2.61. The van der Waals surface area contributed by atoms with Gasteiger partial charge in [0.15, 0.2) is 12.0 Å². The summed E-state index contributed by atoms with van der Waals surface area (Å²) in [7, 11) is 0. The summed E-state index contributed by atoms with van der Waals surface area (Å²) in [5, 5.41) is 24.5. The van der Waals surface area contributed by atoms with Gasteiger partial charge >= 0.3 is 0 Å². The van der Waals surface area contributed by atoms with E-state index in [9.17, 15) is 5.11 Å². The Kier molecular flexibility index (Phi) is 5.84. The Labute approximate surface area is 145 Å². The lowest BCUT2D eigenvalue weighted by Gasteiger charge is -2.15. The van der Waals surface area contributed by atoms with E-state index in [1.807, 2.05) is 36.4 Å². The molecular formula is C18H21N5O2. The Balaban J connectivity index is 1.72. The maximum absolute atomic E-state index is 9.95. The molecule has 0 aliphatic carbocycles. The maximum atomic E-state index is 9.95. The quantitative estimate of drug-likeness (QED) is 0.366. The predicted octanol–water partition coefficient (Wildman–Crippen LogP) is 1.74. The van der Waals surface area contributed by atoms with Gasteiger partial charge in [-0.05, 0) is 31.5 Å². The first-order chi connectivity index (χ1) is 12.3. The Morgan fingerprint density at radius 3 is 2.64 bits per heavy atom. The minimum atomic E-state index is -0.922. The Morgan fingerprint density at radius 2 is 1.84 bits per heavy atom. The van der Waals surface area contributed by atoms with Gasteiger partial charge in [-0.3, -0.25) is 10.3 Å². The molecule has 1 atom stereocenters. The monoisotopic (exact) mass is 339 g/mol. The zero-order valence-corrected chi connectivity index (χ0v) is 13.8. The lowest BCUT2D eigenvalue weighted by Crippen LogP contribution is -2.36. The number of hydrogen-bond acceptors (Lipinski definition) is 7. The molecule has 130 valence electrons. The minimum Gasteiger partial charge on any atom is -0.396 e. The number of unbranched alkanes of at least 4 members (excludes halogenated alkanes) is 1. The van der Waals surface area contributed by atoms with Crippen molar-refractivity contribution < 1.29 is 10.2 Å². The van der Waals surface area contributed by atoms with Gasteiger partial charge in [0.25, 0.3) is 0 Å². The van der Waals surface area contributed by atoms with Gasteiger partial charge in [0.2, 0.25) is 0 Å². The second-order valence-corrected chi connectivity index (χ2v) is 5.59. The number of anilines is 1. The molecule has 7 nitrogen and oxygen atoms in total. The van der Waals surface area contributed by atoms with Crippen LogP contribution in [0.2, 0.25) is 0 Å². The first kappa shape index (κ1) is 17.2. The molecule has 0 saturated heterocycles. The number of aromatic nitrogens is 3. The molecule has 0 spiro atoms. The van der Waals surface area contributed by atoms with Gasteiger partial charge in [-0.1, -0.05) is 30.3 Å². The van der Waals surface area contributed by atoms with Crippen LogP contribution >= 0.6 is 0 Å². The second-order valence-electron chi connectivity index (χ2n) is 5.59. The van der Waals surface area contributed by atoms with Crippen molar-refractivity contribution in [3.8, 4) is 11.3 Å². The highest BCUT2D eigenvalue weighted by atomic mass is 16.3. The molecule has 1 unspecified atom stereocenters. The summed E-state index contributed by atoms with van der Waals surface area (Å²) >= 11 is 0. The average molecular weight is 339 g/mol. The van der Waals surface area contributed by atoms with E-state index in [0.29, 0.717) is 29.9 Å². The van der Waals surface area contributed by atoms with Crippen molar-refractivity contribution in [1.82, 2.24) is 20.3 Å². The Morgan fingerprint density at radius 1 is 1.00 bits per heavy atom. The number of benzene rings is 1. The van der Waals surface area contributed by atoms with E-state index < -0.39 is 6.35 Å². The smallest absolute Gasteiger partial charge is 0.182 e. The van der Waals surface area contributed by atoms with Gasteiger partial charge in [-0.15, -0.1) is 0 Å². The van der Waals surface area contributed by atoms with Crippen molar-refractivity contribution in [2.45, 2.75) is 19.2 Å². The highest BCUT2D eigenvalue weighted by Gasteiger charge is 2.07. The van der Waals surface area contributed by atoms with Crippen LogP contribution < -0.4 is 10.6 Å². The fourth-order valence-electron chi connectivity index (χ4n) is 2.39. The van der Waals surface area contributed by atoms with Crippen LogP contribution in [0.4, 0.5) is 5.82 Å². The van der Waals surface area contributed by atoms with E-state index in [-0.39, 0.29) is 6.61 Å². The number of pyridine rings is 1. The minimum absolute atomic E-state index is 0.153. The number of hydrogen-bond donors (Lipinski definition) is 4. The third-order valence-corrected chi connectivity index (χ3v) is 3.68. The predicted molar refractivity (Wildman–Crippen MR) is 96.7 cm³/mol. The highest BCUT2D eigenvalue weighted by Crippen LogP contribution is 2.19. The Bertz CT molecular complexity index is 813. The van der Waals surface area contributed by atoms with Crippen LogP contribution in [-0.4, -0.2) is 44.7 Å². The molecule has 0 bridgehead atoms. The van der Waals surface area contributed by atoms with Gasteiger partial charge in [0.05, 0.1) is 11.9 Å². The molecule has 7 heteroatoms. The van der Waals surface area contributed by atoms with Crippen LogP contribution in [0.15, 0.2) is 48.7 Å². The van der Waals surface area contributed by atoms with Crippen molar-refractivity contribution in [2.24, 2.45) is 0 Å². The van der Waals surface area contributed by atoms with E-state index >= 15 is 0 Å². The van der Waals surface area contributed by atoms with Crippen molar-refractivity contribution in [2.75, 3.05) is 18.5 Å². The van der Waals surface area contributed by atoms with E-state index in [4.69, 9.17) is 5.11 Å². The van der Waals surface area contributed by atoms with Gasteiger partial charge in [-0.2, -0.15) is 0 Å². The van der Waals surface area contributed by atoms with Crippen LogP contribution in [-0.2, 0) is 0 Å². The lowest BCUT2D eigenvalue weighted by molar-refractivity contribution is 0.163. The number of aliphatic hydroxyl groups is 2. The summed E-state index contributed by atoms with van der Waals surface area (Å²) in [5.74, 6) is 0.508. The van der Waals surface area contributed by atoms with Gasteiger partial charge in [0.1, 0.15) is 11.3 Å². The third-order valence-electron chi connectivity index (χ3n) is 3.68. The normalized spacial score (nSPS) is 12.2. The van der Waals surface area contributed by atoms with Gasteiger partial charge in [-0.25, -0.2) is 9.97 Å². The topological polar surface area (TPSA) is 103 Å². The summed E-state index contributed by atoms with van der Waals surface area (Å²) in [6.07, 6.45) is 2.29. The molecule has 4 N–H and O–H groups in total. The third kappa shape index (κ3) is 4.69. The fourth-order valence-corrected chi connectivity index (χ4v) is 2.39. The molecule has 3 rings (SSSR count). The molecule has 0 amide bonds. The van der Waals surface area contributed by atoms with Crippen molar-refractivity contribution in [1.29, 1.82) is 0 Å². The molecule has 2 aromatic heterocycles. The molecule has 2 heterocycles. The average Bonchev–Trinajstić information content (AvgIpc) is 2.65. The number of fused-ring (bicyclic) bond motifs is 1. The fraction of sp³-hybridized carbons (Fsp3) is 0.278. The molecule has 0 aliphatic rings. The van der Waals surface area contributed by atoms with Crippen LogP contribution in [0.3, 0.4) is 0 Å². The molecule has 0 fully saturated rings. The number of nitrogens with zero attached hydrogens (tertiary/aromatic N) is 3. The SMILES string of the molecule is OCCCCNC(O)Nc1ccc2ncc(-c3ccccc3)nc2n1. The summed E-state index contributed by atoms with van der Waals surface area (Å²) < 4.78 is 0. The molecule has 3 aromatic rings. The second kappa shape index (κ2) is 8.48. The first-order valence-corrected chi connectivity index (χ1v) is 8.24. The van der Waals surface area contributed by atoms with E-state index in [1.54, 1.807) is 12.3 Å². The van der Waals surface area contributed by atoms with Gasteiger partial charge in [0, 0.05) is 12.2 Å². The molecule has 1 aromatic carbocycles. The number of rotatable bonds is 8. The van der Waals surface area contributed by atoms with Crippen LogP contribution in [0.25, 0.3) is 22.4 Å². The zero-order valence-electron chi connectivity index (χ0n) is 13.8. The summed E-state index contributed by atoms with van der Waals surface area (Å²) in [6.45, 7) is 0.750. The van der Waals surface area contributed by atoms with E-state index in [0.717, 1.165) is 17.7 Å². The summed E-state index contributed by atoms with van der Waals surface area (Å²) in [4.78, 5) is 13.4.